The first-order valence-electron chi connectivity index (χ1n) is 9.97. The van der Waals surface area contributed by atoms with Gasteiger partial charge in [-0.2, -0.15) is 0 Å². The summed E-state index contributed by atoms with van der Waals surface area (Å²) >= 11 is 0. The molecule has 0 saturated carbocycles. The third-order valence-electron chi connectivity index (χ3n) is 4.72. The van der Waals surface area contributed by atoms with Gasteiger partial charge in [0.05, 0.1) is 6.10 Å². The molecule has 1 aliphatic heterocycles. The lowest BCUT2D eigenvalue weighted by atomic mass is 10.0. The zero-order valence-electron chi connectivity index (χ0n) is 18.1. The number of rotatable bonds is 6. The van der Waals surface area contributed by atoms with E-state index in [0.717, 1.165) is 10.9 Å². The summed E-state index contributed by atoms with van der Waals surface area (Å²) in [4.78, 5) is 46.2. The molecule has 4 atom stereocenters. The number of carbonyl (C=O) groups excluding carboxylic acids is 3. The van der Waals surface area contributed by atoms with E-state index in [2.05, 4.69) is 0 Å². The van der Waals surface area contributed by atoms with Crippen LogP contribution >= 0.6 is 0 Å². The number of ether oxygens (including phenoxy) is 5. The molecule has 1 aromatic heterocycles. The maximum absolute atomic E-state index is 11.7. The van der Waals surface area contributed by atoms with E-state index in [1.54, 1.807) is 19.1 Å². The van der Waals surface area contributed by atoms with E-state index in [4.69, 9.17) is 28.1 Å². The highest BCUT2D eigenvalue weighted by atomic mass is 16.7. The van der Waals surface area contributed by atoms with Crippen LogP contribution in [-0.4, -0.2) is 49.1 Å². The molecule has 1 fully saturated rings. The first-order valence-corrected chi connectivity index (χ1v) is 9.97. The number of aryl methyl sites for hydroxylation is 1. The van der Waals surface area contributed by atoms with E-state index in [0.29, 0.717) is 5.58 Å². The van der Waals surface area contributed by atoms with E-state index in [9.17, 15) is 19.2 Å². The lowest BCUT2D eigenvalue weighted by molar-refractivity contribution is -0.254. The Bertz CT molecular complexity index is 1070. The maximum atomic E-state index is 11.7. The summed E-state index contributed by atoms with van der Waals surface area (Å²) in [6.07, 6.45) is -3.72. The second kappa shape index (κ2) is 9.82. The molecule has 0 N–H and O–H groups in total. The minimum Gasteiger partial charge on any atom is -0.463 e. The van der Waals surface area contributed by atoms with Gasteiger partial charge >= 0.3 is 23.5 Å². The lowest BCUT2D eigenvalue weighted by Gasteiger charge is -2.39. The number of benzene rings is 1. The Hall–Kier alpha value is -3.40. The highest BCUT2D eigenvalue weighted by molar-refractivity contribution is 5.81. The van der Waals surface area contributed by atoms with Gasteiger partial charge in [-0.15, -0.1) is 0 Å². The van der Waals surface area contributed by atoms with Gasteiger partial charge in [-0.1, -0.05) is 0 Å². The Morgan fingerprint density at radius 1 is 1.03 bits per heavy atom. The normalized spacial score (nSPS) is 22.8. The minimum absolute atomic E-state index is 0.106. The standard InChI is InChI=1S/C22H24O10/c1-11-7-20(26)32-18-8-15(5-6-17(11)18)30-22-21(29-14(4)25)19(28-13(3)24)9-16(31-22)10-27-12(2)23/h5-8,16,19,21-22H,9-10H2,1-4H3/t16-,19-,21-,22+/m1/s1. The average Bonchev–Trinajstić information content (AvgIpc) is 2.67. The van der Waals surface area contributed by atoms with Gasteiger partial charge in [0.15, 0.2) is 0 Å². The molecular weight excluding hydrogens is 424 g/mol. The van der Waals surface area contributed by atoms with Crippen LogP contribution in [0.15, 0.2) is 33.5 Å². The van der Waals surface area contributed by atoms with Crippen LogP contribution in [0.3, 0.4) is 0 Å². The molecule has 1 saturated heterocycles. The molecule has 10 heteroatoms. The average molecular weight is 448 g/mol. The van der Waals surface area contributed by atoms with Gasteiger partial charge in [-0.3, -0.25) is 14.4 Å². The summed E-state index contributed by atoms with van der Waals surface area (Å²) in [6.45, 7) is 5.37. The van der Waals surface area contributed by atoms with Gasteiger partial charge in [0.1, 0.15) is 24.0 Å². The number of hydrogen-bond donors (Lipinski definition) is 0. The third kappa shape index (κ3) is 5.85. The minimum atomic E-state index is -1.19. The van der Waals surface area contributed by atoms with Crippen LogP contribution < -0.4 is 10.4 Å². The molecule has 2 aromatic rings. The zero-order chi connectivity index (χ0) is 23.4. The fraction of sp³-hybridized carbons (Fsp3) is 0.455. The Morgan fingerprint density at radius 2 is 1.75 bits per heavy atom. The van der Waals surface area contributed by atoms with Crippen molar-refractivity contribution in [1.82, 2.24) is 0 Å². The van der Waals surface area contributed by atoms with Crippen molar-refractivity contribution < 1.29 is 42.5 Å². The quantitative estimate of drug-likeness (QED) is 0.368. The summed E-state index contributed by atoms with van der Waals surface area (Å²) < 4.78 is 32.7. The molecular formula is C22H24O10. The van der Waals surface area contributed by atoms with Gasteiger partial charge in [-0.05, 0) is 24.6 Å². The number of hydrogen-bond acceptors (Lipinski definition) is 10. The topological polar surface area (TPSA) is 128 Å². The molecule has 0 aliphatic carbocycles. The first-order chi connectivity index (χ1) is 15.1. The van der Waals surface area contributed by atoms with Crippen molar-refractivity contribution in [1.29, 1.82) is 0 Å². The van der Waals surface area contributed by atoms with Crippen molar-refractivity contribution in [3.8, 4) is 5.75 Å². The van der Waals surface area contributed by atoms with E-state index >= 15 is 0 Å². The number of carbonyl (C=O) groups is 3. The summed E-state index contributed by atoms with van der Waals surface area (Å²) in [6, 6.07) is 6.24. The largest absolute Gasteiger partial charge is 0.463 e. The van der Waals surface area contributed by atoms with Crippen LogP contribution in [-0.2, 0) is 33.3 Å². The second-order valence-corrected chi connectivity index (χ2v) is 7.41. The van der Waals surface area contributed by atoms with Gasteiger partial charge in [0, 0.05) is 44.7 Å². The molecule has 0 unspecified atom stereocenters. The molecule has 1 aromatic carbocycles. The SMILES string of the molecule is CC(=O)OC[C@H]1C[C@@H](OC(C)=O)[C@@H](OC(C)=O)[C@@H](Oc2ccc3c(C)cc(=O)oc3c2)O1. The number of esters is 3. The molecule has 3 rings (SSSR count). The van der Waals surface area contributed by atoms with Crippen molar-refractivity contribution in [2.24, 2.45) is 0 Å². The van der Waals surface area contributed by atoms with Crippen molar-refractivity contribution in [2.75, 3.05) is 6.61 Å². The van der Waals surface area contributed by atoms with Crippen molar-refractivity contribution in [2.45, 2.75) is 58.7 Å². The third-order valence-corrected chi connectivity index (χ3v) is 4.72. The summed E-state index contributed by atoms with van der Waals surface area (Å²) in [7, 11) is 0. The molecule has 2 heterocycles. The Morgan fingerprint density at radius 3 is 2.41 bits per heavy atom. The molecule has 32 heavy (non-hydrogen) atoms. The van der Waals surface area contributed by atoms with Gasteiger partial charge in [0.2, 0.25) is 12.4 Å². The maximum Gasteiger partial charge on any atom is 0.336 e. The smallest absolute Gasteiger partial charge is 0.336 e. The van der Waals surface area contributed by atoms with Crippen molar-refractivity contribution >= 4 is 28.9 Å². The van der Waals surface area contributed by atoms with Crippen LogP contribution in [0.1, 0.15) is 32.8 Å². The highest BCUT2D eigenvalue weighted by Crippen LogP contribution is 2.30. The fourth-order valence-corrected chi connectivity index (χ4v) is 3.47. The molecule has 0 bridgehead atoms. The van der Waals surface area contributed by atoms with Crippen LogP contribution in [0, 0.1) is 6.92 Å². The van der Waals surface area contributed by atoms with Crippen LogP contribution in [0.2, 0.25) is 0 Å². The summed E-state index contributed by atoms with van der Waals surface area (Å²) in [5, 5.41) is 0.726. The molecule has 172 valence electrons. The van der Waals surface area contributed by atoms with Crippen LogP contribution in [0.5, 0.6) is 5.75 Å². The Balaban J connectivity index is 1.91. The molecule has 0 spiro atoms. The molecule has 1 aliphatic rings. The van der Waals surface area contributed by atoms with Gasteiger partial charge in [0.25, 0.3) is 0 Å². The van der Waals surface area contributed by atoms with Crippen molar-refractivity contribution in [3.05, 3.63) is 40.2 Å². The molecule has 10 nitrogen and oxygen atoms in total. The predicted octanol–water partition coefficient (Wildman–Crippen LogP) is 2.02. The van der Waals surface area contributed by atoms with E-state index in [-0.39, 0.29) is 18.8 Å². The number of fused-ring (bicyclic) bond motifs is 1. The first kappa shape index (κ1) is 23.3. The van der Waals surface area contributed by atoms with Gasteiger partial charge < -0.3 is 28.1 Å². The van der Waals surface area contributed by atoms with Crippen LogP contribution in [0.25, 0.3) is 11.0 Å². The van der Waals surface area contributed by atoms with E-state index < -0.39 is 48.1 Å². The second-order valence-electron chi connectivity index (χ2n) is 7.41. The zero-order valence-corrected chi connectivity index (χ0v) is 18.1. The van der Waals surface area contributed by atoms with E-state index in [1.165, 1.54) is 32.9 Å². The lowest BCUT2D eigenvalue weighted by Crippen LogP contribution is -2.55. The van der Waals surface area contributed by atoms with Gasteiger partial charge in [-0.25, -0.2) is 4.79 Å². The van der Waals surface area contributed by atoms with Crippen LogP contribution in [0.4, 0.5) is 0 Å². The molecule has 0 amide bonds. The fourth-order valence-electron chi connectivity index (χ4n) is 3.47. The monoisotopic (exact) mass is 448 g/mol. The molecule has 0 radical (unpaired) electrons. The Labute approximate surface area is 183 Å². The summed E-state index contributed by atoms with van der Waals surface area (Å²) in [5.74, 6) is -1.44. The van der Waals surface area contributed by atoms with E-state index in [1.807, 2.05) is 0 Å². The Kier molecular flexibility index (Phi) is 7.14. The van der Waals surface area contributed by atoms with Crippen molar-refractivity contribution in [3.63, 3.8) is 0 Å². The predicted molar refractivity (Wildman–Crippen MR) is 109 cm³/mol. The highest BCUT2D eigenvalue weighted by Gasteiger charge is 2.45. The summed E-state index contributed by atoms with van der Waals surface area (Å²) in [5.41, 5.74) is 0.543.